The van der Waals surface area contributed by atoms with E-state index in [0.717, 1.165) is 64.0 Å². The van der Waals surface area contributed by atoms with E-state index in [4.69, 9.17) is 4.74 Å². The number of anilines is 2. The molecule has 4 rings (SSSR count). The maximum absolute atomic E-state index is 11.5. The molecule has 6 nitrogen and oxygen atoms in total. The van der Waals surface area contributed by atoms with Gasteiger partial charge in [0.15, 0.2) is 6.61 Å². The molecule has 2 heterocycles. The molecule has 0 spiro atoms. The van der Waals surface area contributed by atoms with Crippen LogP contribution in [0.4, 0.5) is 11.4 Å². The van der Waals surface area contributed by atoms with Gasteiger partial charge in [0.2, 0.25) is 0 Å². The number of rotatable bonds is 8. The number of nitrogens with zero attached hydrogens (tertiary/aromatic N) is 2. The summed E-state index contributed by atoms with van der Waals surface area (Å²) in [6.45, 7) is 5.57. The summed E-state index contributed by atoms with van der Waals surface area (Å²) in [5, 5.41) is 13.3. The summed E-state index contributed by atoms with van der Waals surface area (Å²) in [6, 6.07) is 16.2. The summed E-state index contributed by atoms with van der Waals surface area (Å²) in [5.41, 5.74) is 2.80. The molecule has 0 radical (unpaired) electrons. The van der Waals surface area contributed by atoms with Crippen molar-refractivity contribution in [3.8, 4) is 5.75 Å². The number of fused-ring (bicyclic) bond motifs is 1. The van der Waals surface area contributed by atoms with Crippen molar-refractivity contribution in [3.63, 3.8) is 0 Å². The van der Waals surface area contributed by atoms with Gasteiger partial charge in [-0.15, -0.1) is 0 Å². The molecule has 6 heteroatoms. The van der Waals surface area contributed by atoms with Crippen LogP contribution in [0.25, 0.3) is 0 Å². The van der Waals surface area contributed by atoms with Crippen LogP contribution in [0.3, 0.4) is 0 Å². The van der Waals surface area contributed by atoms with Crippen molar-refractivity contribution < 1.29 is 14.6 Å². The number of unbranched alkanes of at least 4 members (excludes halogenated alkanes) is 2. The van der Waals surface area contributed by atoms with Crippen molar-refractivity contribution >= 4 is 17.3 Å². The summed E-state index contributed by atoms with van der Waals surface area (Å²) in [4.78, 5) is 16.5. The molecular formula is C24H31N3O3. The van der Waals surface area contributed by atoms with Gasteiger partial charge in [-0.25, -0.2) is 0 Å². The lowest BCUT2D eigenvalue weighted by atomic mass is 10.0. The highest BCUT2D eigenvalue weighted by atomic mass is 16.5. The monoisotopic (exact) mass is 409 g/mol. The third-order valence-corrected chi connectivity index (χ3v) is 5.97. The van der Waals surface area contributed by atoms with Crippen LogP contribution in [-0.2, 0) is 4.79 Å². The van der Waals surface area contributed by atoms with Gasteiger partial charge < -0.3 is 20.1 Å². The number of aliphatic hydroxyl groups is 1. The Labute approximate surface area is 178 Å². The van der Waals surface area contributed by atoms with E-state index in [1.165, 1.54) is 5.69 Å². The predicted octanol–water partition coefficient (Wildman–Crippen LogP) is 3.43. The van der Waals surface area contributed by atoms with Gasteiger partial charge in [-0.3, -0.25) is 9.69 Å². The fourth-order valence-electron chi connectivity index (χ4n) is 4.19. The largest absolute Gasteiger partial charge is 0.482 e. The van der Waals surface area contributed by atoms with E-state index in [2.05, 4.69) is 45.4 Å². The molecule has 1 fully saturated rings. The molecule has 2 aromatic carbocycles. The molecule has 1 atom stereocenters. The van der Waals surface area contributed by atoms with E-state index in [1.807, 2.05) is 18.2 Å². The first-order valence-corrected chi connectivity index (χ1v) is 11.0. The Morgan fingerprint density at radius 3 is 2.60 bits per heavy atom. The third-order valence-electron chi connectivity index (χ3n) is 5.97. The van der Waals surface area contributed by atoms with Gasteiger partial charge in [-0.1, -0.05) is 37.1 Å². The second kappa shape index (κ2) is 9.96. The number of para-hydroxylation sites is 1. The van der Waals surface area contributed by atoms with Crippen LogP contribution in [0.15, 0.2) is 48.5 Å². The number of hydrogen-bond acceptors (Lipinski definition) is 5. The van der Waals surface area contributed by atoms with Crippen molar-refractivity contribution in [2.45, 2.75) is 31.8 Å². The summed E-state index contributed by atoms with van der Waals surface area (Å²) < 4.78 is 5.37. The number of carbonyl (C=O) groups excluding carboxylic acids is 1. The normalized spacial score (nSPS) is 17.8. The molecule has 160 valence electrons. The Kier molecular flexibility index (Phi) is 6.87. The smallest absolute Gasteiger partial charge is 0.262 e. The van der Waals surface area contributed by atoms with E-state index >= 15 is 0 Å². The second-order valence-corrected chi connectivity index (χ2v) is 8.12. The minimum Gasteiger partial charge on any atom is -0.482 e. The van der Waals surface area contributed by atoms with E-state index in [-0.39, 0.29) is 12.5 Å². The summed E-state index contributed by atoms with van der Waals surface area (Å²) in [7, 11) is 0. The van der Waals surface area contributed by atoms with E-state index in [9.17, 15) is 9.90 Å². The Morgan fingerprint density at radius 2 is 1.80 bits per heavy atom. The molecule has 0 aromatic heterocycles. The number of hydrogen-bond donors (Lipinski definition) is 2. The van der Waals surface area contributed by atoms with Gasteiger partial charge in [0, 0.05) is 31.9 Å². The molecule has 2 aliphatic rings. The molecule has 2 aliphatic heterocycles. The van der Waals surface area contributed by atoms with Crippen molar-refractivity contribution in [2.24, 2.45) is 0 Å². The van der Waals surface area contributed by atoms with Gasteiger partial charge in [0.1, 0.15) is 5.75 Å². The topological polar surface area (TPSA) is 65.0 Å². The standard InChI is InChI=1S/C24H31N3O3/c28-22(19-10-11-23-21(17-19)25-24(29)18-30-23)9-5-2-6-12-26-13-15-27(16-14-26)20-7-3-1-4-8-20/h1,3-4,7-8,10-11,17,22,28H,2,5-6,9,12-16,18H2,(H,25,29). The van der Waals surface area contributed by atoms with Gasteiger partial charge in [0.25, 0.3) is 5.91 Å². The SMILES string of the molecule is O=C1COc2ccc(C(O)CCCCCN3CCN(c4ccccc4)CC3)cc2N1. The maximum Gasteiger partial charge on any atom is 0.262 e. The third kappa shape index (κ3) is 5.32. The zero-order valence-corrected chi connectivity index (χ0v) is 17.4. The molecule has 0 bridgehead atoms. The quantitative estimate of drug-likeness (QED) is 0.654. The minimum absolute atomic E-state index is 0.0518. The van der Waals surface area contributed by atoms with Crippen molar-refractivity contribution in [2.75, 3.05) is 49.5 Å². The molecule has 0 aliphatic carbocycles. The summed E-state index contributed by atoms with van der Waals surface area (Å²) in [6.07, 6.45) is 3.48. The molecule has 0 saturated carbocycles. The van der Waals surface area contributed by atoms with Crippen molar-refractivity contribution in [1.29, 1.82) is 0 Å². The fraction of sp³-hybridized carbons (Fsp3) is 0.458. The molecule has 1 saturated heterocycles. The van der Waals surface area contributed by atoms with Gasteiger partial charge >= 0.3 is 0 Å². The average molecular weight is 410 g/mol. The van der Waals surface area contributed by atoms with Gasteiger partial charge in [-0.05, 0) is 49.2 Å². The minimum atomic E-state index is -0.511. The van der Waals surface area contributed by atoms with Gasteiger partial charge in [-0.2, -0.15) is 0 Å². The molecule has 2 aromatic rings. The summed E-state index contributed by atoms with van der Waals surface area (Å²) in [5.74, 6) is 0.511. The molecular weight excluding hydrogens is 378 g/mol. The Balaban J connectivity index is 1.13. The number of aliphatic hydroxyl groups excluding tert-OH is 1. The van der Waals surface area contributed by atoms with Crippen LogP contribution in [0, 0.1) is 0 Å². The van der Waals surface area contributed by atoms with Gasteiger partial charge in [0.05, 0.1) is 11.8 Å². The van der Waals surface area contributed by atoms with E-state index in [0.29, 0.717) is 11.4 Å². The van der Waals surface area contributed by atoms with Crippen LogP contribution in [0.5, 0.6) is 5.75 Å². The fourth-order valence-corrected chi connectivity index (χ4v) is 4.19. The first-order valence-electron chi connectivity index (χ1n) is 11.0. The maximum atomic E-state index is 11.5. The van der Waals surface area contributed by atoms with Crippen LogP contribution in [0.2, 0.25) is 0 Å². The second-order valence-electron chi connectivity index (χ2n) is 8.12. The van der Waals surface area contributed by atoms with Crippen molar-refractivity contribution in [3.05, 3.63) is 54.1 Å². The highest BCUT2D eigenvalue weighted by Gasteiger charge is 2.19. The average Bonchev–Trinajstić information content (AvgIpc) is 2.79. The Hall–Kier alpha value is -2.57. The lowest BCUT2D eigenvalue weighted by molar-refractivity contribution is -0.118. The lowest BCUT2D eigenvalue weighted by Gasteiger charge is -2.36. The first kappa shape index (κ1) is 20.7. The number of amides is 1. The number of nitrogens with one attached hydrogen (secondary N) is 1. The molecule has 30 heavy (non-hydrogen) atoms. The van der Waals surface area contributed by atoms with E-state index < -0.39 is 6.10 Å². The molecule has 2 N–H and O–H groups in total. The number of carbonyl (C=O) groups is 1. The van der Waals surface area contributed by atoms with Crippen LogP contribution in [-0.4, -0.2) is 55.2 Å². The lowest BCUT2D eigenvalue weighted by Crippen LogP contribution is -2.46. The number of benzene rings is 2. The van der Waals surface area contributed by atoms with E-state index in [1.54, 1.807) is 0 Å². The zero-order valence-electron chi connectivity index (χ0n) is 17.4. The van der Waals surface area contributed by atoms with Crippen LogP contribution >= 0.6 is 0 Å². The Morgan fingerprint density at radius 1 is 1.00 bits per heavy atom. The predicted molar refractivity (Wildman–Crippen MR) is 119 cm³/mol. The van der Waals surface area contributed by atoms with Crippen LogP contribution < -0.4 is 15.0 Å². The zero-order chi connectivity index (χ0) is 20.8. The number of ether oxygens (including phenoxy) is 1. The summed E-state index contributed by atoms with van der Waals surface area (Å²) >= 11 is 0. The first-order chi connectivity index (χ1) is 14.7. The Bertz CT molecular complexity index is 835. The molecule has 1 unspecified atom stereocenters. The van der Waals surface area contributed by atoms with Crippen molar-refractivity contribution in [1.82, 2.24) is 4.90 Å². The van der Waals surface area contributed by atoms with Crippen LogP contribution in [0.1, 0.15) is 37.4 Å². The highest BCUT2D eigenvalue weighted by Crippen LogP contribution is 2.31. The number of piperazine rings is 1. The molecule has 1 amide bonds. The highest BCUT2D eigenvalue weighted by molar-refractivity contribution is 5.95.